The van der Waals surface area contributed by atoms with E-state index in [1.165, 1.54) is 4.31 Å². The maximum atomic E-state index is 12.8. The third-order valence-electron chi connectivity index (χ3n) is 5.72. The van der Waals surface area contributed by atoms with E-state index in [0.717, 1.165) is 16.3 Å². The summed E-state index contributed by atoms with van der Waals surface area (Å²) in [5, 5.41) is 12.9. The molecule has 1 aliphatic rings. The van der Waals surface area contributed by atoms with Crippen molar-refractivity contribution in [2.75, 3.05) is 39.3 Å². The Morgan fingerprint density at radius 3 is 2.41 bits per heavy atom. The first-order valence-electron chi connectivity index (χ1n) is 10.6. The molecule has 1 saturated heterocycles. The van der Waals surface area contributed by atoms with E-state index in [9.17, 15) is 13.5 Å². The van der Waals surface area contributed by atoms with Crippen molar-refractivity contribution >= 4 is 32.4 Å². The van der Waals surface area contributed by atoms with Crippen LogP contribution in [0, 0.1) is 6.92 Å². The molecule has 4 rings (SSSR count). The summed E-state index contributed by atoms with van der Waals surface area (Å²) in [4.78, 5) is 2.37. The summed E-state index contributed by atoms with van der Waals surface area (Å²) in [7, 11) is -3.49. The Hall–Kier alpha value is -2.16. The fourth-order valence-corrected chi connectivity index (χ4v) is 5.59. The van der Waals surface area contributed by atoms with Crippen LogP contribution >= 0.6 is 11.6 Å². The smallest absolute Gasteiger partial charge is 0.243 e. The van der Waals surface area contributed by atoms with Crippen LogP contribution in [0.4, 0.5) is 0 Å². The van der Waals surface area contributed by atoms with Crippen molar-refractivity contribution < 1.29 is 18.3 Å². The Labute approximate surface area is 194 Å². The Bertz CT molecular complexity index is 1180. The third kappa shape index (κ3) is 5.08. The normalized spacial score (nSPS) is 16.8. The molecule has 32 heavy (non-hydrogen) atoms. The van der Waals surface area contributed by atoms with Crippen LogP contribution in [-0.2, 0) is 10.0 Å². The van der Waals surface area contributed by atoms with Gasteiger partial charge in [0.2, 0.25) is 10.0 Å². The Kier molecular flexibility index (Phi) is 7.02. The van der Waals surface area contributed by atoms with Crippen LogP contribution in [0.15, 0.2) is 65.6 Å². The summed E-state index contributed by atoms with van der Waals surface area (Å²) < 4.78 is 33.0. The van der Waals surface area contributed by atoms with Crippen LogP contribution in [-0.4, -0.2) is 68.2 Å². The Morgan fingerprint density at radius 2 is 1.69 bits per heavy atom. The lowest BCUT2D eigenvalue weighted by Gasteiger charge is -2.34. The zero-order chi connectivity index (χ0) is 22.7. The van der Waals surface area contributed by atoms with Gasteiger partial charge in [0, 0.05) is 38.1 Å². The second-order valence-corrected chi connectivity index (χ2v) is 10.4. The number of aliphatic hydroxyl groups is 1. The van der Waals surface area contributed by atoms with Gasteiger partial charge in [-0.3, -0.25) is 4.90 Å². The minimum Gasteiger partial charge on any atom is -0.489 e. The summed E-state index contributed by atoms with van der Waals surface area (Å²) in [5.41, 5.74) is 1.02. The Balaban J connectivity index is 1.29. The van der Waals surface area contributed by atoms with Gasteiger partial charge in [0.1, 0.15) is 18.5 Å². The highest BCUT2D eigenvalue weighted by Gasteiger charge is 2.29. The van der Waals surface area contributed by atoms with Gasteiger partial charge in [-0.2, -0.15) is 4.31 Å². The van der Waals surface area contributed by atoms with Crippen molar-refractivity contribution in [1.82, 2.24) is 9.21 Å². The highest BCUT2D eigenvalue weighted by atomic mass is 35.5. The Morgan fingerprint density at radius 1 is 1.00 bits per heavy atom. The number of hydrogen-bond acceptors (Lipinski definition) is 5. The fourth-order valence-electron chi connectivity index (χ4n) is 3.87. The molecule has 3 aromatic carbocycles. The number of benzene rings is 3. The zero-order valence-corrected chi connectivity index (χ0v) is 19.5. The molecule has 6 nitrogen and oxygen atoms in total. The van der Waals surface area contributed by atoms with Crippen molar-refractivity contribution in [3.63, 3.8) is 0 Å². The van der Waals surface area contributed by atoms with Crippen LogP contribution in [0.5, 0.6) is 5.75 Å². The molecule has 0 amide bonds. The summed E-state index contributed by atoms with van der Waals surface area (Å²) >= 11 is 6.46. The molecule has 1 aliphatic heterocycles. The highest BCUT2D eigenvalue weighted by Crippen LogP contribution is 2.32. The average molecular weight is 475 g/mol. The van der Waals surface area contributed by atoms with Gasteiger partial charge in [0.25, 0.3) is 0 Å². The van der Waals surface area contributed by atoms with Gasteiger partial charge in [-0.1, -0.05) is 59.6 Å². The average Bonchev–Trinajstić information content (AvgIpc) is 2.79. The zero-order valence-electron chi connectivity index (χ0n) is 17.9. The van der Waals surface area contributed by atoms with E-state index in [0.29, 0.717) is 48.4 Å². The van der Waals surface area contributed by atoms with Gasteiger partial charge in [-0.05, 0) is 30.5 Å². The van der Waals surface area contributed by atoms with Crippen LogP contribution < -0.4 is 4.74 Å². The van der Waals surface area contributed by atoms with Gasteiger partial charge >= 0.3 is 0 Å². The molecule has 1 fully saturated rings. The lowest BCUT2D eigenvalue weighted by atomic mass is 10.1. The summed E-state index contributed by atoms with van der Waals surface area (Å²) in [5.74, 6) is 0.540. The van der Waals surface area contributed by atoms with E-state index in [4.69, 9.17) is 16.3 Å². The number of aliphatic hydroxyl groups excluding tert-OH is 1. The number of hydrogen-bond donors (Lipinski definition) is 1. The minimum absolute atomic E-state index is 0.111. The molecule has 1 heterocycles. The molecular formula is C24H27ClN2O4S. The number of halogens is 1. The SMILES string of the molecule is Cc1ccc(S(=O)(=O)N2CCN(C[C@@H](O)COc3ccc4ccccc4c3Cl)CC2)cc1. The van der Waals surface area contributed by atoms with E-state index >= 15 is 0 Å². The van der Waals surface area contributed by atoms with E-state index in [1.807, 2.05) is 43.3 Å². The van der Waals surface area contributed by atoms with Gasteiger partial charge in [-0.25, -0.2) is 8.42 Å². The maximum Gasteiger partial charge on any atom is 0.243 e. The number of β-amino-alcohol motifs (C(OH)–C–C–N with tert-alkyl or cyclic N) is 1. The lowest BCUT2D eigenvalue weighted by molar-refractivity contribution is 0.0569. The molecule has 170 valence electrons. The summed E-state index contributed by atoms with van der Waals surface area (Å²) in [6.07, 6.45) is -0.710. The molecule has 0 saturated carbocycles. The van der Waals surface area contributed by atoms with Crippen LogP contribution in [0.3, 0.4) is 0 Å². The molecule has 0 radical (unpaired) electrons. The second kappa shape index (κ2) is 9.77. The lowest BCUT2D eigenvalue weighted by Crippen LogP contribution is -2.50. The third-order valence-corrected chi connectivity index (χ3v) is 8.02. The molecule has 0 aliphatic carbocycles. The molecule has 8 heteroatoms. The van der Waals surface area contributed by atoms with Gasteiger partial charge < -0.3 is 9.84 Å². The molecule has 0 spiro atoms. The highest BCUT2D eigenvalue weighted by molar-refractivity contribution is 7.89. The van der Waals surface area contributed by atoms with Crippen molar-refractivity contribution in [3.05, 3.63) is 71.2 Å². The first kappa shape index (κ1) is 23.0. The van der Waals surface area contributed by atoms with E-state index in [2.05, 4.69) is 4.90 Å². The van der Waals surface area contributed by atoms with Crippen LogP contribution in [0.25, 0.3) is 10.8 Å². The van der Waals surface area contributed by atoms with Gasteiger partial charge in [0.05, 0.1) is 9.92 Å². The molecule has 0 aromatic heterocycles. The standard InChI is InChI=1S/C24H27ClN2O4S/c1-18-6-9-21(10-7-18)32(29,30)27-14-12-26(13-15-27)16-20(28)17-31-23-11-8-19-4-2-3-5-22(19)24(23)25/h2-11,20,28H,12-17H2,1H3/t20-/m1/s1. The van der Waals surface area contributed by atoms with Crippen LogP contribution in [0.2, 0.25) is 5.02 Å². The number of nitrogens with zero attached hydrogens (tertiary/aromatic N) is 2. The number of fused-ring (bicyclic) bond motifs is 1. The number of sulfonamides is 1. The van der Waals surface area contributed by atoms with Gasteiger partial charge in [-0.15, -0.1) is 0 Å². The van der Waals surface area contributed by atoms with E-state index in [1.54, 1.807) is 24.3 Å². The summed E-state index contributed by atoms with van der Waals surface area (Å²) in [6.45, 7) is 4.33. The first-order chi connectivity index (χ1) is 15.3. The monoisotopic (exact) mass is 474 g/mol. The number of piperazine rings is 1. The van der Waals surface area contributed by atoms with Crippen LogP contribution in [0.1, 0.15) is 5.56 Å². The maximum absolute atomic E-state index is 12.8. The molecular weight excluding hydrogens is 448 g/mol. The number of ether oxygens (including phenoxy) is 1. The minimum atomic E-state index is -3.49. The van der Waals surface area contributed by atoms with Gasteiger partial charge in [0.15, 0.2) is 0 Å². The van der Waals surface area contributed by atoms with Crippen molar-refractivity contribution in [1.29, 1.82) is 0 Å². The van der Waals surface area contributed by atoms with E-state index in [-0.39, 0.29) is 6.61 Å². The molecule has 1 atom stereocenters. The van der Waals surface area contributed by atoms with E-state index < -0.39 is 16.1 Å². The van der Waals surface area contributed by atoms with Crippen molar-refractivity contribution in [2.24, 2.45) is 0 Å². The quantitative estimate of drug-likeness (QED) is 0.567. The largest absolute Gasteiger partial charge is 0.489 e. The fraction of sp³-hybridized carbons (Fsp3) is 0.333. The predicted octanol–water partition coefficient (Wildman–Crippen LogP) is 3.55. The molecule has 3 aromatic rings. The predicted molar refractivity (Wildman–Crippen MR) is 127 cm³/mol. The second-order valence-electron chi connectivity index (χ2n) is 8.08. The molecule has 0 bridgehead atoms. The van der Waals surface area contributed by atoms with Crippen molar-refractivity contribution in [3.8, 4) is 5.75 Å². The topological polar surface area (TPSA) is 70.1 Å². The number of rotatable bonds is 7. The first-order valence-corrected chi connectivity index (χ1v) is 12.4. The number of aryl methyl sites for hydroxylation is 1. The molecule has 1 N–H and O–H groups in total. The van der Waals surface area contributed by atoms with Crippen molar-refractivity contribution in [2.45, 2.75) is 17.9 Å². The molecule has 0 unspecified atom stereocenters. The summed E-state index contributed by atoms with van der Waals surface area (Å²) in [6, 6.07) is 18.5.